The summed E-state index contributed by atoms with van der Waals surface area (Å²) >= 11 is 1.58. The van der Waals surface area contributed by atoms with E-state index in [1.807, 2.05) is 16.8 Å². The lowest BCUT2D eigenvalue weighted by Crippen LogP contribution is -2.23. The van der Waals surface area contributed by atoms with Gasteiger partial charge in [-0.25, -0.2) is 0 Å². The maximum atomic E-state index is 12.4. The standard InChI is InChI=1S/C15H14F3NOS/c16-15(17,18)13-4-1-11(2-5-13)9-19-14(20)6-3-12-7-8-21-10-12/h1-2,4-5,7-8,10H,3,6,9H2,(H,19,20). The number of halogens is 3. The van der Waals surface area contributed by atoms with Gasteiger partial charge in [0.15, 0.2) is 0 Å². The molecular formula is C15H14F3NOS. The van der Waals surface area contributed by atoms with Crippen LogP contribution in [0, 0.1) is 0 Å². The fraction of sp³-hybridized carbons (Fsp3) is 0.267. The summed E-state index contributed by atoms with van der Waals surface area (Å²) in [5.74, 6) is -0.110. The van der Waals surface area contributed by atoms with Crippen LogP contribution in [-0.2, 0) is 23.9 Å². The quantitative estimate of drug-likeness (QED) is 0.887. The number of rotatable bonds is 5. The number of benzene rings is 1. The van der Waals surface area contributed by atoms with Gasteiger partial charge in [0.1, 0.15) is 0 Å². The van der Waals surface area contributed by atoms with Crippen LogP contribution in [0.5, 0.6) is 0 Å². The van der Waals surface area contributed by atoms with Crippen molar-refractivity contribution in [3.63, 3.8) is 0 Å². The molecular weight excluding hydrogens is 299 g/mol. The van der Waals surface area contributed by atoms with Crippen molar-refractivity contribution < 1.29 is 18.0 Å². The van der Waals surface area contributed by atoms with Gasteiger partial charge in [0.2, 0.25) is 5.91 Å². The number of nitrogens with one attached hydrogen (secondary N) is 1. The molecule has 0 unspecified atom stereocenters. The normalized spacial score (nSPS) is 11.4. The Bertz CT molecular complexity index is 576. The average molecular weight is 313 g/mol. The lowest BCUT2D eigenvalue weighted by Gasteiger charge is -2.08. The Balaban J connectivity index is 1.78. The predicted octanol–water partition coefficient (Wildman–Crippen LogP) is 4.02. The smallest absolute Gasteiger partial charge is 0.352 e. The van der Waals surface area contributed by atoms with Gasteiger partial charge in [-0.2, -0.15) is 24.5 Å². The summed E-state index contributed by atoms with van der Waals surface area (Å²) in [6.07, 6.45) is -3.29. The molecule has 2 nitrogen and oxygen atoms in total. The zero-order chi connectivity index (χ0) is 15.3. The van der Waals surface area contributed by atoms with Crippen molar-refractivity contribution in [1.29, 1.82) is 0 Å². The molecule has 2 rings (SSSR count). The molecule has 0 saturated carbocycles. The summed E-state index contributed by atoms with van der Waals surface area (Å²) in [4.78, 5) is 11.7. The fourth-order valence-electron chi connectivity index (χ4n) is 1.79. The Kier molecular flexibility index (Phi) is 5.01. The maximum Gasteiger partial charge on any atom is 0.416 e. The largest absolute Gasteiger partial charge is 0.416 e. The molecule has 1 N–H and O–H groups in total. The number of carbonyl (C=O) groups is 1. The van der Waals surface area contributed by atoms with Gasteiger partial charge >= 0.3 is 6.18 Å². The first-order chi connectivity index (χ1) is 9.95. The predicted molar refractivity (Wildman–Crippen MR) is 75.9 cm³/mol. The third kappa shape index (κ3) is 4.90. The molecule has 2 aromatic rings. The van der Waals surface area contributed by atoms with Crippen LogP contribution in [0.1, 0.15) is 23.1 Å². The second-order valence-corrected chi connectivity index (χ2v) is 5.38. The number of hydrogen-bond acceptors (Lipinski definition) is 2. The van der Waals surface area contributed by atoms with Crippen molar-refractivity contribution in [2.45, 2.75) is 25.6 Å². The molecule has 0 saturated heterocycles. The van der Waals surface area contributed by atoms with Crippen LogP contribution in [0.3, 0.4) is 0 Å². The average Bonchev–Trinajstić information content (AvgIpc) is 2.95. The molecule has 1 heterocycles. The summed E-state index contributed by atoms with van der Waals surface area (Å²) in [5, 5.41) is 6.65. The summed E-state index contributed by atoms with van der Waals surface area (Å²) in [7, 11) is 0. The molecule has 112 valence electrons. The molecule has 0 aliphatic rings. The molecule has 0 spiro atoms. The Morgan fingerprint density at radius 2 is 1.81 bits per heavy atom. The van der Waals surface area contributed by atoms with E-state index >= 15 is 0 Å². The van der Waals surface area contributed by atoms with Crippen LogP contribution in [0.2, 0.25) is 0 Å². The number of thiophene rings is 1. The first kappa shape index (κ1) is 15.6. The van der Waals surface area contributed by atoms with Gasteiger partial charge in [-0.3, -0.25) is 4.79 Å². The number of carbonyl (C=O) groups excluding carboxylic acids is 1. The Morgan fingerprint density at radius 1 is 1.10 bits per heavy atom. The van der Waals surface area contributed by atoms with Crippen LogP contribution in [-0.4, -0.2) is 5.91 Å². The molecule has 21 heavy (non-hydrogen) atoms. The van der Waals surface area contributed by atoms with Gasteiger partial charge in [-0.1, -0.05) is 12.1 Å². The minimum atomic E-state index is -4.33. The zero-order valence-electron chi connectivity index (χ0n) is 11.1. The van der Waals surface area contributed by atoms with Crippen molar-refractivity contribution in [3.05, 3.63) is 57.8 Å². The van der Waals surface area contributed by atoms with Crippen molar-refractivity contribution in [3.8, 4) is 0 Å². The SMILES string of the molecule is O=C(CCc1ccsc1)NCc1ccc(C(F)(F)F)cc1. The highest BCUT2D eigenvalue weighted by atomic mass is 32.1. The third-order valence-electron chi connectivity index (χ3n) is 2.99. The molecule has 6 heteroatoms. The molecule has 0 aliphatic carbocycles. The fourth-order valence-corrected chi connectivity index (χ4v) is 2.50. The summed E-state index contributed by atoms with van der Waals surface area (Å²) < 4.78 is 37.2. The van der Waals surface area contributed by atoms with E-state index in [-0.39, 0.29) is 12.5 Å². The second kappa shape index (κ2) is 6.76. The van der Waals surface area contributed by atoms with E-state index in [0.717, 1.165) is 17.7 Å². The maximum absolute atomic E-state index is 12.4. The van der Waals surface area contributed by atoms with E-state index in [1.54, 1.807) is 11.3 Å². The van der Waals surface area contributed by atoms with Crippen molar-refractivity contribution in [1.82, 2.24) is 5.32 Å². The highest BCUT2D eigenvalue weighted by Gasteiger charge is 2.29. The molecule has 1 aromatic heterocycles. The Labute approximate surface area is 124 Å². The van der Waals surface area contributed by atoms with E-state index in [0.29, 0.717) is 18.4 Å². The molecule has 0 radical (unpaired) electrons. The van der Waals surface area contributed by atoms with E-state index in [4.69, 9.17) is 0 Å². The van der Waals surface area contributed by atoms with Crippen LogP contribution >= 0.6 is 11.3 Å². The highest BCUT2D eigenvalue weighted by molar-refractivity contribution is 7.07. The molecule has 0 aliphatic heterocycles. The van der Waals surface area contributed by atoms with Crippen LogP contribution < -0.4 is 5.32 Å². The van der Waals surface area contributed by atoms with Crippen molar-refractivity contribution in [2.24, 2.45) is 0 Å². The second-order valence-electron chi connectivity index (χ2n) is 4.60. The minimum Gasteiger partial charge on any atom is -0.352 e. The molecule has 1 amide bonds. The molecule has 0 bridgehead atoms. The van der Waals surface area contributed by atoms with Crippen LogP contribution in [0.4, 0.5) is 13.2 Å². The first-order valence-electron chi connectivity index (χ1n) is 6.39. The highest BCUT2D eigenvalue weighted by Crippen LogP contribution is 2.29. The number of alkyl halides is 3. The molecule has 0 fully saturated rings. The minimum absolute atomic E-state index is 0.110. The summed E-state index contributed by atoms with van der Waals surface area (Å²) in [6.45, 7) is 0.237. The van der Waals surface area contributed by atoms with Crippen LogP contribution in [0.25, 0.3) is 0 Å². The molecule has 1 aromatic carbocycles. The molecule has 0 atom stereocenters. The van der Waals surface area contributed by atoms with Crippen LogP contribution in [0.15, 0.2) is 41.1 Å². The Hall–Kier alpha value is -1.82. The lowest BCUT2D eigenvalue weighted by atomic mass is 10.1. The number of aryl methyl sites for hydroxylation is 1. The van der Waals surface area contributed by atoms with Gasteiger partial charge < -0.3 is 5.32 Å². The lowest BCUT2D eigenvalue weighted by molar-refractivity contribution is -0.137. The summed E-state index contributed by atoms with van der Waals surface area (Å²) in [5.41, 5.74) is 1.08. The van der Waals surface area contributed by atoms with Crippen molar-refractivity contribution >= 4 is 17.2 Å². The topological polar surface area (TPSA) is 29.1 Å². The van der Waals surface area contributed by atoms with Gasteiger partial charge in [0.05, 0.1) is 5.56 Å². The summed E-state index contributed by atoms with van der Waals surface area (Å²) in [6, 6.07) is 6.76. The first-order valence-corrected chi connectivity index (χ1v) is 7.33. The van der Waals surface area contributed by atoms with E-state index in [2.05, 4.69) is 5.32 Å². The zero-order valence-corrected chi connectivity index (χ0v) is 11.9. The van der Waals surface area contributed by atoms with Gasteiger partial charge in [-0.15, -0.1) is 0 Å². The van der Waals surface area contributed by atoms with Crippen molar-refractivity contribution in [2.75, 3.05) is 0 Å². The Morgan fingerprint density at radius 3 is 2.38 bits per heavy atom. The van der Waals surface area contributed by atoms with E-state index in [9.17, 15) is 18.0 Å². The van der Waals surface area contributed by atoms with E-state index < -0.39 is 11.7 Å². The monoisotopic (exact) mass is 313 g/mol. The number of amides is 1. The number of hydrogen-bond donors (Lipinski definition) is 1. The van der Waals surface area contributed by atoms with E-state index in [1.165, 1.54) is 12.1 Å². The van der Waals surface area contributed by atoms with Gasteiger partial charge in [0.25, 0.3) is 0 Å². The van der Waals surface area contributed by atoms with Gasteiger partial charge in [0, 0.05) is 13.0 Å². The third-order valence-corrected chi connectivity index (χ3v) is 3.72. The van der Waals surface area contributed by atoms with Gasteiger partial charge in [-0.05, 0) is 46.5 Å².